The maximum Gasteiger partial charge on any atom is 0.501 e. The highest BCUT2D eigenvalue weighted by Crippen LogP contribution is 2.64. The first-order valence-corrected chi connectivity index (χ1v) is 10.6. The molecule has 1 atom stereocenters. The molecule has 3 aromatic carbocycles. The summed E-state index contributed by atoms with van der Waals surface area (Å²) in [5.74, 6) is -5.76. The highest BCUT2D eigenvalue weighted by Gasteiger charge is 2.59. The molecule has 0 aromatic heterocycles. The molecule has 1 unspecified atom stereocenters. The summed E-state index contributed by atoms with van der Waals surface area (Å²) in [6.07, 6.45) is 0. The minimum Gasteiger partial charge on any atom is -0.508 e. The van der Waals surface area contributed by atoms with E-state index in [9.17, 15) is 33.3 Å². The van der Waals surface area contributed by atoms with Crippen molar-refractivity contribution >= 4 is 22.3 Å². The topological polar surface area (TPSA) is 166 Å². The molecule has 3 heterocycles. The number of carbonyl (C=O) groups is 2. The van der Waals surface area contributed by atoms with E-state index in [1.807, 2.05) is 0 Å². The standard InChI is InChI=1S/C21H10O11S/c22-8-5-6-11-12(7-8)29-16-13(19(24)25)15(23)18-17(31-33(27,28)32-18)14(16)21(11)10-4-2-1-3-9(10)20(26)30-21/h1-7,22-23H,(H,24,25). The molecule has 0 saturated heterocycles. The van der Waals surface area contributed by atoms with E-state index < -0.39 is 56.5 Å². The maximum absolute atomic E-state index is 12.9. The number of carboxylic acids is 1. The van der Waals surface area contributed by atoms with Gasteiger partial charge in [0.2, 0.25) is 11.5 Å². The molecule has 33 heavy (non-hydrogen) atoms. The van der Waals surface area contributed by atoms with Crippen LogP contribution in [0.2, 0.25) is 0 Å². The Labute approximate surface area is 184 Å². The summed E-state index contributed by atoms with van der Waals surface area (Å²) in [6.45, 7) is 0. The lowest BCUT2D eigenvalue weighted by molar-refractivity contribution is 0.0220. The largest absolute Gasteiger partial charge is 0.508 e. The van der Waals surface area contributed by atoms with Crippen LogP contribution < -0.4 is 13.1 Å². The monoisotopic (exact) mass is 470 g/mol. The molecule has 0 fully saturated rings. The van der Waals surface area contributed by atoms with Crippen LogP contribution in [0.3, 0.4) is 0 Å². The van der Waals surface area contributed by atoms with Crippen LogP contribution in [0.5, 0.6) is 34.5 Å². The fourth-order valence-electron chi connectivity index (χ4n) is 4.40. The summed E-state index contributed by atoms with van der Waals surface area (Å²) in [7, 11) is -4.71. The van der Waals surface area contributed by atoms with Crippen molar-refractivity contribution in [3.8, 4) is 34.5 Å². The first kappa shape index (κ1) is 19.3. The number of hydrogen-bond acceptors (Lipinski definition) is 10. The SMILES string of the molecule is O=C1OC2(c3ccc(O)cc3Oc3c(C(=O)O)c(O)c4c(c32)OS(=O)(=O)O4)c2ccccc21. The second-order valence-corrected chi connectivity index (χ2v) is 8.51. The van der Waals surface area contributed by atoms with Gasteiger partial charge in [-0.05, 0) is 18.2 Å². The summed E-state index contributed by atoms with van der Waals surface area (Å²) in [4.78, 5) is 25.0. The molecule has 3 aliphatic heterocycles. The van der Waals surface area contributed by atoms with Crippen molar-refractivity contribution in [1.29, 1.82) is 0 Å². The normalized spacial score (nSPS) is 20.4. The summed E-state index contributed by atoms with van der Waals surface area (Å²) in [6, 6.07) is 10.0. The molecule has 3 aliphatic rings. The average molecular weight is 470 g/mol. The van der Waals surface area contributed by atoms with Gasteiger partial charge in [-0.25, -0.2) is 9.59 Å². The Balaban J connectivity index is 1.84. The summed E-state index contributed by atoms with van der Waals surface area (Å²) in [5.41, 5.74) is -2.56. The summed E-state index contributed by atoms with van der Waals surface area (Å²) in [5, 5.41) is 30.4. The molecule has 1 spiro atoms. The van der Waals surface area contributed by atoms with Gasteiger partial charge in [-0.2, -0.15) is 0 Å². The molecule has 12 heteroatoms. The van der Waals surface area contributed by atoms with Gasteiger partial charge in [0.05, 0.1) is 11.1 Å². The van der Waals surface area contributed by atoms with Crippen molar-refractivity contribution in [3.63, 3.8) is 0 Å². The number of rotatable bonds is 1. The van der Waals surface area contributed by atoms with Gasteiger partial charge >= 0.3 is 22.3 Å². The minimum absolute atomic E-state index is 0.0874. The second-order valence-electron chi connectivity index (χ2n) is 7.36. The number of hydrogen-bond donors (Lipinski definition) is 3. The van der Waals surface area contributed by atoms with Gasteiger partial charge in [-0.1, -0.05) is 18.2 Å². The molecular formula is C21H10O11S. The van der Waals surface area contributed by atoms with E-state index in [4.69, 9.17) is 17.8 Å². The predicted octanol–water partition coefficient (Wildman–Crippen LogP) is 2.38. The van der Waals surface area contributed by atoms with Crippen molar-refractivity contribution in [2.24, 2.45) is 0 Å². The Hall–Kier alpha value is -4.45. The number of carbonyl (C=O) groups excluding carboxylic acids is 1. The average Bonchev–Trinajstić information content (AvgIpc) is 3.22. The van der Waals surface area contributed by atoms with Crippen molar-refractivity contribution in [2.75, 3.05) is 0 Å². The molecule has 11 nitrogen and oxygen atoms in total. The van der Waals surface area contributed by atoms with Gasteiger partial charge in [0.25, 0.3) is 0 Å². The van der Waals surface area contributed by atoms with Crippen LogP contribution in [0, 0.1) is 0 Å². The third-order valence-electron chi connectivity index (χ3n) is 5.60. The lowest BCUT2D eigenvalue weighted by Gasteiger charge is -2.37. The predicted molar refractivity (Wildman–Crippen MR) is 105 cm³/mol. The van der Waals surface area contributed by atoms with Crippen LogP contribution in [-0.4, -0.2) is 35.7 Å². The molecule has 0 amide bonds. The molecule has 6 rings (SSSR count). The highest BCUT2D eigenvalue weighted by molar-refractivity contribution is 7.82. The fraction of sp³-hybridized carbons (Fsp3) is 0.0476. The number of phenolic OH excluding ortho intramolecular Hbond substituents is 1. The molecule has 0 aliphatic carbocycles. The van der Waals surface area contributed by atoms with Crippen LogP contribution in [0.4, 0.5) is 0 Å². The number of carboxylic acid groups (broad SMARTS) is 1. The first-order chi connectivity index (χ1) is 15.6. The zero-order valence-electron chi connectivity index (χ0n) is 16.1. The van der Waals surface area contributed by atoms with Crippen LogP contribution in [0.15, 0.2) is 42.5 Å². The Morgan fingerprint density at radius 2 is 1.67 bits per heavy atom. The number of aromatic hydroxyl groups is 2. The lowest BCUT2D eigenvalue weighted by atomic mass is 9.76. The van der Waals surface area contributed by atoms with E-state index in [2.05, 4.69) is 0 Å². The van der Waals surface area contributed by atoms with E-state index in [-0.39, 0.29) is 33.8 Å². The van der Waals surface area contributed by atoms with Crippen molar-refractivity contribution in [1.82, 2.24) is 0 Å². The smallest absolute Gasteiger partial charge is 0.501 e. The van der Waals surface area contributed by atoms with Gasteiger partial charge in [0, 0.05) is 17.2 Å². The zero-order valence-corrected chi connectivity index (χ0v) is 16.9. The first-order valence-electron chi connectivity index (χ1n) is 9.29. The number of phenols is 2. The van der Waals surface area contributed by atoms with Gasteiger partial charge in [0.15, 0.2) is 17.1 Å². The van der Waals surface area contributed by atoms with Gasteiger partial charge in [-0.3, -0.25) is 0 Å². The van der Waals surface area contributed by atoms with E-state index in [0.29, 0.717) is 0 Å². The Kier molecular flexibility index (Phi) is 3.42. The maximum atomic E-state index is 12.9. The van der Waals surface area contributed by atoms with Gasteiger partial charge < -0.3 is 33.2 Å². The van der Waals surface area contributed by atoms with Crippen molar-refractivity contribution in [3.05, 3.63) is 70.3 Å². The Morgan fingerprint density at radius 3 is 2.42 bits per heavy atom. The summed E-state index contributed by atoms with van der Waals surface area (Å²) >= 11 is 0. The van der Waals surface area contributed by atoms with Crippen molar-refractivity contribution in [2.45, 2.75) is 5.60 Å². The second kappa shape index (κ2) is 5.86. The third kappa shape index (κ3) is 2.29. The fourth-order valence-corrected chi connectivity index (χ4v) is 5.16. The zero-order chi connectivity index (χ0) is 23.3. The summed E-state index contributed by atoms with van der Waals surface area (Å²) < 4.78 is 45.5. The lowest BCUT2D eigenvalue weighted by Crippen LogP contribution is -2.34. The van der Waals surface area contributed by atoms with Crippen molar-refractivity contribution < 1.29 is 51.2 Å². The number of benzene rings is 3. The minimum atomic E-state index is -4.71. The van der Waals surface area contributed by atoms with Gasteiger partial charge in [-0.15, -0.1) is 8.42 Å². The van der Waals surface area contributed by atoms with Crippen LogP contribution in [0.25, 0.3) is 0 Å². The molecule has 0 bridgehead atoms. The molecule has 166 valence electrons. The molecule has 0 radical (unpaired) electrons. The quantitative estimate of drug-likeness (QED) is 0.447. The Bertz CT molecular complexity index is 1560. The van der Waals surface area contributed by atoms with E-state index in [1.165, 1.54) is 30.3 Å². The number of aromatic carboxylic acids is 1. The molecule has 3 aromatic rings. The molecule has 3 N–H and O–H groups in total. The number of ether oxygens (including phenoxy) is 2. The molecular weight excluding hydrogens is 460 g/mol. The van der Waals surface area contributed by atoms with E-state index in [0.717, 1.165) is 0 Å². The van der Waals surface area contributed by atoms with Crippen LogP contribution >= 0.6 is 0 Å². The van der Waals surface area contributed by atoms with E-state index >= 15 is 0 Å². The number of fused-ring (bicyclic) bond motifs is 8. The van der Waals surface area contributed by atoms with E-state index in [1.54, 1.807) is 12.1 Å². The molecule has 0 saturated carbocycles. The third-order valence-corrected chi connectivity index (χ3v) is 6.35. The van der Waals surface area contributed by atoms with Gasteiger partial charge in [0.1, 0.15) is 17.1 Å². The highest BCUT2D eigenvalue weighted by atomic mass is 32.3. The van der Waals surface area contributed by atoms with Crippen LogP contribution in [0.1, 0.15) is 37.4 Å². The van der Waals surface area contributed by atoms with Crippen LogP contribution in [-0.2, 0) is 20.7 Å². The Morgan fingerprint density at radius 1 is 0.939 bits per heavy atom. The number of esters is 1.